The van der Waals surface area contributed by atoms with Crippen LogP contribution < -0.4 is 0 Å². The van der Waals surface area contributed by atoms with E-state index in [9.17, 15) is 4.79 Å². The molecule has 2 heteroatoms. The van der Waals surface area contributed by atoms with Gasteiger partial charge in [0.1, 0.15) is 5.78 Å². The van der Waals surface area contributed by atoms with Gasteiger partial charge < -0.3 is 4.74 Å². The van der Waals surface area contributed by atoms with Crippen molar-refractivity contribution in [2.75, 3.05) is 0 Å². The second-order valence-electron chi connectivity index (χ2n) is 5.37. The number of ether oxygens (including phenoxy) is 1. The molecule has 1 aromatic carbocycles. The lowest BCUT2D eigenvalue weighted by atomic mass is 9.85. The number of carbonyl (C=O) groups excluding carboxylic acids is 1. The molecule has 3 rings (SSSR count). The molecule has 5 atom stereocenters. The highest BCUT2D eigenvalue weighted by Crippen LogP contribution is 2.45. The average Bonchev–Trinajstić information content (AvgIpc) is 2.78. The Kier molecular flexibility index (Phi) is 2.55. The molecule has 0 spiro atoms. The number of benzene rings is 1. The van der Waals surface area contributed by atoms with Crippen molar-refractivity contribution < 1.29 is 9.53 Å². The summed E-state index contributed by atoms with van der Waals surface area (Å²) in [5.74, 6) is 0.874. The number of fused-ring (bicyclic) bond motifs is 2. The number of rotatable bonds is 1. The summed E-state index contributed by atoms with van der Waals surface area (Å²) in [6.45, 7) is 4.02. The largest absolute Gasteiger partial charge is 0.373 e. The van der Waals surface area contributed by atoms with Gasteiger partial charge in [-0.25, -0.2) is 0 Å². The van der Waals surface area contributed by atoms with Gasteiger partial charge in [-0.05, 0) is 12.0 Å². The van der Waals surface area contributed by atoms with Crippen molar-refractivity contribution in [3.63, 3.8) is 0 Å². The predicted molar refractivity (Wildman–Crippen MR) is 65.8 cm³/mol. The van der Waals surface area contributed by atoms with Crippen molar-refractivity contribution in [3.05, 3.63) is 35.9 Å². The molecule has 0 N–H and O–H groups in total. The molecule has 2 bridgehead atoms. The van der Waals surface area contributed by atoms with Gasteiger partial charge >= 0.3 is 0 Å². The Bertz CT molecular complexity index is 426. The quantitative estimate of drug-likeness (QED) is 0.741. The molecule has 0 aliphatic carbocycles. The van der Waals surface area contributed by atoms with Crippen molar-refractivity contribution in [2.45, 2.75) is 38.4 Å². The highest BCUT2D eigenvalue weighted by Gasteiger charge is 2.50. The molecule has 2 aliphatic rings. The minimum atomic E-state index is 0.0361. The van der Waals surface area contributed by atoms with Crippen molar-refractivity contribution in [3.8, 4) is 0 Å². The zero-order chi connectivity index (χ0) is 12.0. The van der Waals surface area contributed by atoms with Crippen molar-refractivity contribution in [2.24, 2.45) is 11.8 Å². The smallest absolute Gasteiger partial charge is 0.143 e. The minimum Gasteiger partial charge on any atom is -0.373 e. The number of hydrogen-bond donors (Lipinski definition) is 0. The van der Waals surface area contributed by atoms with Crippen LogP contribution in [0.5, 0.6) is 0 Å². The van der Waals surface area contributed by atoms with Crippen LogP contribution >= 0.6 is 0 Å². The van der Waals surface area contributed by atoms with Crippen LogP contribution in [0, 0.1) is 11.8 Å². The van der Waals surface area contributed by atoms with Crippen LogP contribution in [0.1, 0.15) is 31.7 Å². The monoisotopic (exact) mass is 230 g/mol. The summed E-state index contributed by atoms with van der Waals surface area (Å²) in [6, 6.07) is 10.5. The van der Waals surface area contributed by atoms with E-state index in [2.05, 4.69) is 24.3 Å². The molecular formula is C15H18O2. The van der Waals surface area contributed by atoms with Crippen LogP contribution in [0.15, 0.2) is 30.3 Å². The predicted octanol–water partition coefficient (Wildman–Crippen LogP) is 2.78. The molecule has 2 aliphatic heterocycles. The molecule has 2 nitrogen and oxygen atoms in total. The summed E-state index contributed by atoms with van der Waals surface area (Å²) in [5.41, 5.74) is 1.31. The molecular weight excluding hydrogens is 212 g/mol. The third-order valence-corrected chi connectivity index (χ3v) is 4.39. The summed E-state index contributed by atoms with van der Waals surface area (Å²) in [5, 5.41) is 0. The maximum atomic E-state index is 12.1. The normalized spacial score (nSPS) is 40.6. The number of Topliss-reactive ketones (excluding diaryl/α,β-unsaturated/α-hetero) is 1. The third kappa shape index (κ3) is 1.62. The Morgan fingerprint density at radius 1 is 1.12 bits per heavy atom. The molecule has 0 radical (unpaired) electrons. The summed E-state index contributed by atoms with van der Waals surface area (Å²) in [4.78, 5) is 12.1. The number of carbonyl (C=O) groups is 1. The fourth-order valence-corrected chi connectivity index (χ4v) is 3.31. The lowest BCUT2D eigenvalue weighted by molar-refractivity contribution is -0.145. The summed E-state index contributed by atoms with van der Waals surface area (Å²) in [7, 11) is 0. The van der Waals surface area contributed by atoms with Crippen LogP contribution in [0.4, 0.5) is 0 Å². The first kappa shape index (κ1) is 11.0. The van der Waals surface area contributed by atoms with Crippen LogP contribution in [-0.2, 0) is 9.53 Å². The molecule has 2 heterocycles. The van der Waals surface area contributed by atoms with E-state index in [4.69, 9.17) is 4.74 Å². The molecule has 2 saturated heterocycles. The van der Waals surface area contributed by atoms with Gasteiger partial charge in [0.05, 0.1) is 12.2 Å². The Morgan fingerprint density at radius 2 is 1.82 bits per heavy atom. The Labute approximate surface area is 102 Å². The first-order chi connectivity index (χ1) is 8.18. The Balaban J connectivity index is 1.93. The molecule has 17 heavy (non-hydrogen) atoms. The lowest BCUT2D eigenvalue weighted by Gasteiger charge is -2.31. The van der Waals surface area contributed by atoms with E-state index in [1.807, 2.05) is 19.9 Å². The van der Waals surface area contributed by atoms with Crippen LogP contribution in [0.2, 0.25) is 0 Å². The van der Waals surface area contributed by atoms with E-state index in [1.54, 1.807) is 0 Å². The van der Waals surface area contributed by atoms with Crippen LogP contribution in [-0.4, -0.2) is 18.0 Å². The SMILES string of the molecule is C[C@@H]1C(=O)[C@H](C)[C@H]2O[C@@H]1C[C@@H]2c1ccccc1. The van der Waals surface area contributed by atoms with Gasteiger partial charge in [0.15, 0.2) is 0 Å². The van der Waals surface area contributed by atoms with E-state index in [0.29, 0.717) is 11.7 Å². The average molecular weight is 230 g/mol. The Morgan fingerprint density at radius 3 is 2.53 bits per heavy atom. The van der Waals surface area contributed by atoms with Crippen LogP contribution in [0.25, 0.3) is 0 Å². The van der Waals surface area contributed by atoms with Crippen LogP contribution in [0.3, 0.4) is 0 Å². The molecule has 2 fully saturated rings. The highest BCUT2D eigenvalue weighted by molar-refractivity contribution is 5.85. The Hall–Kier alpha value is -1.15. The minimum absolute atomic E-state index is 0.0361. The number of ketones is 1. The highest BCUT2D eigenvalue weighted by atomic mass is 16.5. The van der Waals surface area contributed by atoms with Crippen molar-refractivity contribution >= 4 is 5.78 Å². The zero-order valence-corrected chi connectivity index (χ0v) is 10.3. The molecule has 0 amide bonds. The third-order valence-electron chi connectivity index (χ3n) is 4.39. The van der Waals surface area contributed by atoms with Crippen molar-refractivity contribution in [1.29, 1.82) is 0 Å². The first-order valence-corrected chi connectivity index (χ1v) is 6.42. The van der Waals surface area contributed by atoms with E-state index in [1.165, 1.54) is 5.56 Å². The van der Waals surface area contributed by atoms with Gasteiger partial charge in [-0.1, -0.05) is 44.2 Å². The maximum Gasteiger partial charge on any atom is 0.143 e. The summed E-state index contributed by atoms with van der Waals surface area (Å²) >= 11 is 0. The van der Waals surface area contributed by atoms with Gasteiger partial charge in [0.2, 0.25) is 0 Å². The van der Waals surface area contributed by atoms with Gasteiger partial charge in [0, 0.05) is 17.8 Å². The molecule has 90 valence electrons. The second kappa shape index (κ2) is 3.95. The van der Waals surface area contributed by atoms with E-state index in [0.717, 1.165) is 6.42 Å². The van der Waals surface area contributed by atoms with E-state index >= 15 is 0 Å². The zero-order valence-electron chi connectivity index (χ0n) is 10.3. The standard InChI is InChI=1S/C15H18O2/c1-9-13-8-12(11-6-4-3-5-7-11)15(17-13)10(2)14(9)16/h3-7,9-10,12-13,15H,8H2,1-2H3/t9-,10-,12+,13+,15+/m0/s1. The number of hydrogen-bond acceptors (Lipinski definition) is 2. The van der Waals surface area contributed by atoms with Gasteiger partial charge in [-0.15, -0.1) is 0 Å². The van der Waals surface area contributed by atoms with Crippen molar-refractivity contribution in [1.82, 2.24) is 0 Å². The molecule has 0 saturated carbocycles. The molecule has 0 aromatic heterocycles. The second-order valence-corrected chi connectivity index (χ2v) is 5.37. The fraction of sp³-hybridized carbons (Fsp3) is 0.533. The molecule has 0 unspecified atom stereocenters. The first-order valence-electron chi connectivity index (χ1n) is 6.42. The summed E-state index contributed by atoms with van der Waals surface area (Å²) < 4.78 is 6.04. The van der Waals surface area contributed by atoms with E-state index < -0.39 is 0 Å². The van der Waals surface area contributed by atoms with Gasteiger partial charge in [-0.2, -0.15) is 0 Å². The summed E-state index contributed by atoms with van der Waals surface area (Å²) in [6.07, 6.45) is 1.21. The van der Waals surface area contributed by atoms with E-state index in [-0.39, 0.29) is 24.0 Å². The van der Waals surface area contributed by atoms with Gasteiger partial charge in [0.25, 0.3) is 0 Å². The topological polar surface area (TPSA) is 26.3 Å². The maximum absolute atomic E-state index is 12.1. The van der Waals surface area contributed by atoms with Gasteiger partial charge in [-0.3, -0.25) is 4.79 Å². The lowest BCUT2D eigenvalue weighted by Crippen LogP contribution is -2.41. The fourth-order valence-electron chi connectivity index (χ4n) is 3.31. The molecule has 1 aromatic rings.